The molecule has 0 aliphatic carbocycles. The minimum absolute atomic E-state index is 0.170. The molecule has 0 aliphatic rings. The van der Waals surface area contributed by atoms with Gasteiger partial charge in [-0.05, 0) is 48.4 Å². The van der Waals surface area contributed by atoms with E-state index in [1.54, 1.807) is 42.6 Å². The van der Waals surface area contributed by atoms with E-state index < -0.39 is 10.0 Å². The van der Waals surface area contributed by atoms with Crippen LogP contribution in [-0.2, 0) is 10.0 Å². The number of nitrogen functional groups attached to an aromatic ring is 1. The summed E-state index contributed by atoms with van der Waals surface area (Å²) in [5, 5.41) is 0. The van der Waals surface area contributed by atoms with Gasteiger partial charge in [0.2, 0.25) is 0 Å². The van der Waals surface area contributed by atoms with Crippen LogP contribution in [0.3, 0.4) is 0 Å². The fraction of sp³-hybridized carbons (Fsp3) is 0.0556. The van der Waals surface area contributed by atoms with Crippen LogP contribution in [0.2, 0.25) is 0 Å². The third-order valence-electron chi connectivity index (χ3n) is 3.59. The maximum atomic E-state index is 12.5. The number of rotatable bonds is 4. The summed E-state index contributed by atoms with van der Waals surface area (Å²) in [6.07, 6.45) is 1.56. The average Bonchev–Trinajstić information content (AvgIpc) is 2.55. The first-order valence-electron chi connectivity index (χ1n) is 7.36. The second-order valence-corrected chi connectivity index (χ2v) is 7.12. The molecular formula is C18H17N3O2S. The Morgan fingerprint density at radius 1 is 1.00 bits per heavy atom. The van der Waals surface area contributed by atoms with E-state index in [0.717, 1.165) is 16.7 Å². The Hall–Kier alpha value is -2.86. The van der Waals surface area contributed by atoms with Crippen LogP contribution >= 0.6 is 0 Å². The van der Waals surface area contributed by atoms with Crippen molar-refractivity contribution in [3.05, 3.63) is 72.4 Å². The molecule has 122 valence electrons. The summed E-state index contributed by atoms with van der Waals surface area (Å²) in [4.78, 5) is 4.19. The molecule has 0 unspecified atom stereocenters. The summed E-state index contributed by atoms with van der Waals surface area (Å²) in [5.74, 6) is 0.298. The van der Waals surface area contributed by atoms with Gasteiger partial charge in [0, 0.05) is 17.4 Å². The maximum Gasteiger partial charge on any atom is 0.263 e. The molecule has 0 saturated carbocycles. The number of anilines is 2. The molecule has 0 saturated heterocycles. The first-order chi connectivity index (χ1) is 11.5. The van der Waals surface area contributed by atoms with Gasteiger partial charge in [-0.25, -0.2) is 13.4 Å². The minimum Gasteiger partial charge on any atom is -0.398 e. The largest absolute Gasteiger partial charge is 0.398 e. The third-order valence-corrected chi connectivity index (χ3v) is 4.96. The van der Waals surface area contributed by atoms with Crippen molar-refractivity contribution in [3.8, 4) is 11.1 Å². The SMILES string of the molecule is Cc1ccnc(NS(=O)(=O)c2ccc(-c3ccccc3N)cc2)c1. The number of sulfonamides is 1. The fourth-order valence-corrected chi connectivity index (χ4v) is 3.36. The Labute approximate surface area is 141 Å². The topological polar surface area (TPSA) is 85.1 Å². The molecular weight excluding hydrogens is 322 g/mol. The zero-order chi connectivity index (χ0) is 17.2. The van der Waals surface area contributed by atoms with Crippen molar-refractivity contribution < 1.29 is 8.42 Å². The number of aromatic nitrogens is 1. The van der Waals surface area contributed by atoms with Crippen LogP contribution in [0.4, 0.5) is 11.5 Å². The Balaban J connectivity index is 1.88. The molecule has 3 rings (SSSR count). The van der Waals surface area contributed by atoms with Gasteiger partial charge in [0.25, 0.3) is 10.0 Å². The zero-order valence-electron chi connectivity index (χ0n) is 13.1. The quantitative estimate of drug-likeness (QED) is 0.713. The zero-order valence-corrected chi connectivity index (χ0v) is 13.9. The highest BCUT2D eigenvalue weighted by Gasteiger charge is 2.15. The summed E-state index contributed by atoms with van der Waals surface area (Å²) in [6.45, 7) is 1.87. The van der Waals surface area contributed by atoms with Gasteiger partial charge >= 0.3 is 0 Å². The Morgan fingerprint density at radius 3 is 2.38 bits per heavy atom. The molecule has 3 N–H and O–H groups in total. The summed E-state index contributed by atoms with van der Waals surface area (Å²) in [5.41, 5.74) is 9.26. The smallest absolute Gasteiger partial charge is 0.263 e. The van der Waals surface area contributed by atoms with E-state index in [9.17, 15) is 8.42 Å². The lowest BCUT2D eigenvalue weighted by Crippen LogP contribution is -2.13. The third kappa shape index (κ3) is 3.38. The van der Waals surface area contributed by atoms with Crippen LogP contribution in [0.1, 0.15) is 5.56 Å². The van der Waals surface area contributed by atoms with Crippen molar-refractivity contribution >= 4 is 21.5 Å². The molecule has 0 atom stereocenters. The molecule has 6 heteroatoms. The first-order valence-corrected chi connectivity index (χ1v) is 8.84. The lowest BCUT2D eigenvalue weighted by Gasteiger charge is -2.09. The first kappa shape index (κ1) is 16.0. The van der Waals surface area contributed by atoms with Crippen LogP contribution in [0, 0.1) is 6.92 Å². The number of benzene rings is 2. The number of nitrogens with one attached hydrogen (secondary N) is 1. The summed E-state index contributed by atoms with van der Waals surface area (Å²) >= 11 is 0. The van der Waals surface area contributed by atoms with E-state index in [4.69, 9.17) is 5.73 Å². The second-order valence-electron chi connectivity index (χ2n) is 5.44. The van der Waals surface area contributed by atoms with Gasteiger partial charge < -0.3 is 5.73 Å². The van der Waals surface area contributed by atoms with Crippen molar-refractivity contribution in [2.24, 2.45) is 0 Å². The summed E-state index contributed by atoms with van der Waals surface area (Å²) < 4.78 is 27.4. The summed E-state index contributed by atoms with van der Waals surface area (Å²) in [7, 11) is -3.68. The van der Waals surface area contributed by atoms with E-state index in [0.29, 0.717) is 11.5 Å². The van der Waals surface area contributed by atoms with Gasteiger partial charge in [0.15, 0.2) is 0 Å². The van der Waals surface area contributed by atoms with E-state index in [2.05, 4.69) is 9.71 Å². The van der Waals surface area contributed by atoms with Crippen LogP contribution in [-0.4, -0.2) is 13.4 Å². The molecule has 0 radical (unpaired) electrons. The molecule has 1 aromatic heterocycles. The molecule has 2 aromatic carbocycles. The standard InChI is InChI=1S/C18H17N3O2S/c1-13-10-11-20-18(12-13)21-24(22,23)15-8-6-14(7-9-15)16-4-2-3-5-17(16)19/h2-12H,19H2,1H3,(H,20,21). The highest BCUT2D eigenvalue weighted by Crippen LogP contribution is 2.26. The van der Waals surface area contributed by atoms with Crippen molar-refractivity contribution in [2.75, 3.05) is 10.5 Å². The number of hydrogen-bond acceptors (Lipinski definition) is 4. The van der Waals surface area contributed by atoms with E-state index in [-0.39, 0.29) is 4.90 Å². The number of para-hydroxylation sites is 1. The second kappa shape index (κ2) is 6.33. The van der Waals surface area contributed by atoms with Crippen molar-refractivity contribution in [1.29, 1.82) is 0 Å². The van der Waals surface area contributed by atoms with Crippen molar-refractivity contribution in [3.63, 3.8) is 0 Å². The molecule has 24 heavy (non-hydrogen) atoms. The molecule has 5 nitrogen and oxygen atoms in total. The van der Waals surface area contributed by atoms with Crippen LogP contribution in [0.5, 0.6) is 0 Å². The number of nitrogens with two attached hydrogens (primary N) is 1. The van der Waals surface area contributed by atoms with Gasteiger partial charge in [-0.3, -0.25) is 4.72 Å². The van der Waals surface area contributed by atoms with E-state index >= 15 is 0 Å². The van der Waals surface area contributed by atoms with E-state index in [1.165, 1.54) is 0 Å². The Kier molecular flexibility index (Phi) is 4.22. The van der Waals surface area contributed by atoms with Gasteiger partial charge in [-0.1, -0.05) is 30.3 Å². The number of nitrogens with zero attached hydrogens (tertiary/aromatic N) is 1. The van der Waals surface area contributed by atoms with Gasteiger partial charge in [0.1, 0.15) is 5.82 Å². The Bertz CT molecular complexity index is 968. The van der Waals surface area contributed by atoms with Gasteiger partial charge in [-0.2, -0.15) is 0 Å². The molecule has 1 heterocycles. The van der Waals surface area contributed by atoms with Gasteiger partial charge in [-0.15, -0.1) is 0 Å². The molecule has 3 aromatic rings. The number of aryl methyl sites for hydroxylation is 1. The number of pyridine rings is 1. The monoisotopic (exact) mass is 339 g/mol. The highest BCUT2D eigenvalue weighted by atomic mass is 32.2. The molecule has 0 bridgehead atoms. The molecule has 0 spiro atoms. The molecule has 0 aliphatic heterocycles. The molecule has 0 amide bonds. The average molecular weight is 339 g/mol. The normalized spacial score (nSPS) is 11.2. The molecule has 0 fully saturated rings. The van der Waals surface area contributed by atoms with Crippen molar-refractivity contribution in [1.82, 2.24) is 4.98 Å². The maximum absolute atomic E-state index is 12.5. The predicted molar refractivity (Wildman–Crippen MR) is 96.1 cm³/mol. The van der Waals surface area contributed by atoms with E-state index in [1.807, 2.05) is 31.2 Å². The number of hydrogen-bond donors (Lipinski definition) is 2. The predicted octanol–water partition coefficient (Wildman–Crippen LogP) is 3.44. The lowest BCUT2D eigenvalue weighted by atomic mass is 10.0. The van der Waals surface area contributed by atoms with Crippen LogP contribution in [0.15, 0.2) is 71.8 Å². The van der Waals surface area contributed by atoms with Crippen molar-refractivity contribution in [2.45, 2.75) is 11.8 Å². The van der Waals surface area contributed by atoms with Crippen LogP contribution in [0.25, 0.3) is 11.1 Å². The fourth-order valence-electron chi connectivity index (χ4n) is 2.36. The Morgan fingerprint density at radius 2 is 1.71 bits per heavy atom. The van der Waals surface area contributed by atoms with Crippen LogP contribution < -0.4 is 10.5 Å². The lowest BCUT2D eigenvalue weighted by molar-refractivity contribution is 0.601. The minimum atomic E-state index is -3.68. The summed E-state index contributed by atoms with van der Waals surface area (Å²) in [6, 6.07) is 17.5. The highest BCUT2D eigenvalue weighted by molar-refractivity contribution is 7.92. The van der Waals surface area contributed by atoms with Gasteiger partial charge in [0.05, 0.1) is 4.90 Å².